The summed E-state index contributed by atoms with van der Waals surface area (Å²) in [5.74, 6) is 1.05. The Balaban J connectivity index is 0.000000319. The van der Waals surface area contributed by atoms with E-state index in [9.17, 15) is 13.2 Å². The third-order valence-electron chi connectivity index (χ3n) is 4.91. The maximum Gasteiger partial charge on any atom is 0.333 e. The predicted molar refractivity (Wildman–Crippen MR) is 138 cm³/mol. The van der Waals surface area contributed by atoms with Gasteiger partial charge in [-0.2, -0.15) is 8.42 Å². The normalized spacial score (nSPS) is 13.3. The molecule has 0 saturated carbocycles. The summed E-state index contributed by atoms with van der Waals surface area (Å²) in [5, 5.41) is 0. The van der Waals surface area contributed by atoms with Crippen molar-refractivity contribution in [2.45, 2.75) is 17.9 Å². The smallest absolute Gasteiger partial charge is 0.333 e. The van der Waals surface area contributed by atoms with Crippen molar-refractivity contribution in [2.75, 3.05) is 34.0 Å². The molecule has 0 bridgehead atoms. The van der Waals surface area contributed by atoms with Gasteiger partial charge in [0.25, 0.3) is 10.1 Å². The number of nitrogens with zero attached hydrogens (tertiary/aromatic N) is 2. The van der Waals surface area contributed by atoms with E-state index < -0.39 is 22.2 Å². The predicted octanol–water partition coefficient (Wildman–Crippen LogP) is 3.81. The highest BCUT2D eigenvalue weighted by atomic mass is 32.2. The molecular formula is C26H32N2O7S. The van der Waals surface area contributed by atoms with Gasteiger partial charge in [0.2, 0.25) is 0 Å². The summed E-state index contributed by atoms with van der Waals surface area (Å²) in [5.41, 5.74) is 1.18. The lowest BCUT2D eigenvalue weighted by atomic mass is 10.2. The van der Waals surface area contributed by atoms with Crippen LogP contribution in [0.3, 0.4) is 0 Å². The van der Waals surface area contributed by atoms with Gasteiger partial charge in [0.05, 0.1) is 25.2 Å². The standard InChI is InChI=1S/C18H24N2O4.C8H8O3S/c1-14(2)18(21)24-17(11-20-10-9-19(3)13-20)12-23-16-7-5-15(22-4)6-8-16;1-2-7-3-5-8(6-4-7)12(9,10)11/h5-10,17H,1,11-13H2,2-4H3;2-6H,1H2,(H,9,10,11). The lowest BCUT2D eigenvalue weighted by Crippen LogP contribution is -2.37. The van der Waals surface area contributed by atoms with Gasteiger partial charge in [-0.05, 0) is 48.9 Å². The maximum atomic E-state index is 11.8. The van der Waals surface area contributed by atoms with Gasteiger partial charge in [0.1, 0.15) is 18.1 Å². The van der Waals surface area contributed by atoms with E-state index in [0.29, 0.717) is 17.9 Å². The molecular weight excluding hydrogens is 484 g/mol. The van der Waals surface area contributed by atoms with Crippen LogP contribution in [0.1, 0.15) is 12.5 Å². The molecule has 0 saturated heterocycles. The largest absolute Gasteiger partial charge is 0.497 e. The van der Waals surface area contributed by atoms with Crippen LogP contribution in [0, 0.1) is 0 Å². The molecule has 194 valence electrons. The van der Waals surface area contributed by atoms with Gasteiger partial charge < -0.3 is 24.0 Å². The van der Waals surface area contributed by atoms with Gasteiger partial charge in [-0.1, -0.05) is 31.4 Å². The van der Waals surface area contributed by atoms with Gasteiger partial charge in [0.15, 0.2) is 6.10 Å². The monoisotopic (exact) mass is 516 g/mol. The van der Waals surface area contributed by atoms with E-state index in [1.165, 1.54) is 12.1 Å². The third-order valence-corrected chi connectivity index (χ3v) is 5.77. The molecule has 36 heavy (non-hydrogen) atoms. The van der Waals surface area contributed by atoms with Crippen LogP contribution >= 0.6 is 0 Å². The zero-order valence-electron chi connectivity index (χ0n) is 20.7. The molecule has 1 aliphatic heterocycles. The molecule has 1 unspecified atom stereocenters. The third kappa shape index (κ3) is 9.47. The molecule has 0 amide bonds. The van der Waals surface area contributed by atoms with Crippen molar-refractivity contribution in [3.05, 3.63) is 85.2 Å². The van der Waals surface area contributed by atoms with Crippen LogP contribution in [0.4, 0.5) is 0 Å². The SMILES string of the molecule is C=C(C)C(=O)OC(COc1ccc(OC)cc1)CN1C=CN(C)C1.C=Cc1ccc(S(=O)(=O)O)cc1. The van der Waals surface area contributed by atoms with Crippen molar-refractivity contribution in [1.82, 2.24) is 9.80 Å². The van der Waals surface area contributed by atoms with Crippen molar-refractivity contribution in [3.8, 4) is 11.5 Å². The zero-order valence-corrected chi connectivity index (χ0v) is 21.5. The van der Waals surface area contributed by atoms with Crippen LogP contribution < -0.4 is 9.47 Å². The first-order chi connectivity index (χ1) is 17.0. The molecule has 0 aliphatic carbocycles. The summed E-state index contributed by atoms with van der Waals surface area (Å²) < 4.78 is 46.1. The first kappa shape index (κ1) is 28.5. The number of rotatable bonds is 10. The summed E-state index contributed by atoms with van der Waals surface area (Å²) in [6, 6.07) is 13.1. The molecule has 0 aromatic heterocycles. The summed E-state index contributed by atoms with van der Waals surface area (Å²) >= 11 is 0. The van der Waals surface area contributed by atoms with Gasteiger partial charge in [0, 0.05) is 25.0 Å². The number of benzene rings is 2. The molecule has 0 fully saturated rings. The molecule has 1 N–H and O–H groups in total. The van der Waals surface area contributed by atoms with Crippen molar-refractivity contribution in [1.29, 1.82) is 0 Å². The fourth-order valence-corrected chi connectivity index (χ4v) is 3.46. The lowest BCUT2D eigenvalue weighted by Gasteiger charge is -2.25. The Morgan fingerprint density at radius 1 is 1.11 bits per heavy atom. The van der Waals surface area contributed by atoms with Gasteiger partial charge in [-0.15, -0.1) is 0 Å². The molecule has 0 spiro atoms. The summed E-state index contributed by atoms with van der Waals surface area (Å²) in [6.07, 6.45) is 5.14. The van der Waals surface area contributed by atoms with E-state index in [4.69, 9.17) is 18.8 Å². The van der Waals surface area contributed by atoms with E-state index in [-0.39, 0.29) is 11.5 Å². The van der Waals surface area contributed by atoms with Crippen LogP contribution in [-0.4, -0.2) is 68.8 Å². The van der Waals surface area contributed by atoms with E-state index in [1.807, 2.05) is 48.6 Å². The Morgan fingerprint density at radius 3 is 2.19 bits per heavy atom. The highest BCUT2D eigenvalue weighted by molar-refractivity contribution is 7.85. The van der Waals surface area contributed by atoms with Gasteiger partial charge in [-0.25, -0.2) is 4.79 Å². The molecule has 2 aromatic rings. The number of carbonyl (C=O) groups excluding carboxylic acids is 1. The molecule has 3 rings (SSSR count). The fraction of sp³-hybridized carbons (Fsp3) is 0.269. The second-order valence-corrected chi connectivity index (χ2v) is 9.43. The maximum absolute atomic E-state index is 11.8. The average Bonchev–Trinajstić information content (AvgIpc) is 3.27. The number of hydrogen-bond donors (Lipinski definition) is 1. The molecule has 1 heterocycles. The van der Waals surface area contributed by atoms with Crippen LogP contribution in [0.5, 0.6) is 11.5 Å². The Morgan fingerprint density at radius 2 is 1.72 bits per heavy atom. The zero-order chi connectivity index (χ0) is 26.7. The van der Waals surface area contributed by atoms with Gasteiger partial charge >= 0.3 is 5.97 Å². The van der Waals surface area contributed by atoms with Crippen molar-refractivity contribution in [2.24, 2.45) is 0 Å². The number of hydrogen-bond acceptors (Lipinski definition) is 8. The summed E-state index contributed by atoms with van der Waals surface area (Å²) in [7, 11) is -0.462. The Labute approximate surface area is 212 Å². The van der Waals surface area contributed by atoms with E-state index in [1.54, 1.807) is 32.2 Å². The minimum absolute atomic E-state index is 0.104. The highest BCUT2D eigenvalue weighted by Gasteiger charge is 2.20. The molecule has 1 aliphatic rings. The number of ether oxygens (including phenoxy) is 3. The molecule has 1 atom stereocenters. The van der Waals surface area contributed by atoms with Crippen molar-refractivity contribution < 1.29 is 32.0 Å². The van der Waals surface area contributed by atoms with Crippen molar-refractivity contribution in [3.63, 3.8) is 0 Å². The minimum atomic E-state index is -4.06. The Kier molecular flexibility index (Phi) is 10.6. The summed E-state index contributed by atoms with van der Waals surface area (Å²) in [4.78, 5) is 15.8. The Hall–Kier alpha value is -3.76. The molecule has 0 radical (unpaired) electrons. The van der Waals surface area contributed by atoms with E-state index in [0.717, 1.165) is 18.0 Å². The second-order valence-electron chi connectivity index (χ2n) is 8.01. The minimum Gasteiger partial charge on any atom is -0.497 e. The average molecular weight is 517 g/mol. The highest BCUT2D eigenvalue weighted by Crippen LogP contribution is 2.18. The summed E-state index contributed by atoms with van der Waals surface area (Å²) in [6.45, 7) is 10.3. The van der Waals surface area contributed by atoms with Crippen LogP contribution in [0.15, 0.2) is 84.6 Å². The topological polar surface area (TPSA) is 106 Å². The lowest BCUT2D eigenvalue weighted by molar-refractivity contribution is -0.146. The second kappa shape index (κ2) is 13.4. The van der Waals surface area contributed by atoms with Crippen LogP contribution in [0.2, 0.25) is 0 Å². The molecule has 9 nitrogen and oxygen atoms in total. The molecule has 10 heteroatoms. The van der Waals surface area contributed by atoms with Crippen LogP contribution in [-0.2, 0) is 19.6 Å². The fourth-order valence-electron chi connectivity index (χ4n) is 2.98. The van der Waals surface area contributed by atoms with Gasteiger partial charge in [-0.3, -0.25) is 4.55 Å². The first-order valence-corrected chi connectivity index (χ1v) is 12.4. The van der Waals surface area contributed by atoms with E-state index >= 15 is 0 Å². The number of methoxy groups -OCH3 is 1. The Bertz CT molecular complexity index is 1160. The molecule has 2 aromatic carbocycles. The van der Waals surface area contributed by atoms with Crippen molar-refractivity contribution >= 4 is 22.2 Å². The van der Waals surface area contributed by atoms with E-state index in [2.05, 4.69) is 18.1 Å². The number of carbonyl (C=O) groups is 1. The quantitative estimate of drug-likeness (QED) is 0.287. The van der Waals surface area contributed by atoms with Crippen LogP contribution in [0.25, 0.3) is 6.08 Å². The first-order valence-electron chi connectivity index (χ1n) is 11.0. The number of esters is 1.